The number of fused-ring (bicyclic) bond motifs is 1. The molecule has 1 aliphatic rings. The summed E-state index contributed by atoms with van der Waals surface area (Å²) in [5, 5.41) is 22.5. The highest BCUT2D eigenvalue weighted by atomic mass is 16.4. The van der Waals surface area contributed by atoms with E-state index in [-0.39, 0.29) is 12.6 Å². The van der Waals surface area contributed by atoms with Gasteiger partial charge in [-0.3, -0.25) is 0 Å². The molecule has 1 saturated heterocycles. The zero-order chi connectivity index (χ0) is 15.5. The lowest BCUT2D eigenvalue weighted by molar-refractivity contribution is 0.133. The first-order valence-corrected chi connectivity index (χ1v) is 7.35. The molecule has 1 atom stereocenters. The van der Waals surface area contributed by atoms with Gasteiger partial charge in [-0.25, -0.2) is 14.8 Å². The van der Waals surface area contributed by atoms with Gasteiger partial charge in [-0.15, -0.1) is 0 Å². The van der Waals surface area contributed by atoms with Gasteiger partial charge in [0.25, 0.3) is 0 Å². The van der Waals surface area contributed by atoms with Crippen LogP contribution in [0.1, 0.15) is 18.4 Å². The Morgan fingerprint density at radius 2 is 2.36 bits per heavy atom. The maximum absolute atomic E-state index is 11.1. The zero-order valence-electron chi connectivity index (χ0n) is 12.1. The van der Waals surface area contributed by atoms with Crippen LogP contribution in [0.4, 0.5) is 10.6 Å². The normalized spacial score (nSPS) is 18.6. The number of rotatable bonds is 4. The second-order valence-corrected chi connectivity index (χ2v) is 5.45. The van der Waals surface area contributed by atoms with Crippen LogP contribution in [0, 0.1) is 0 Å². The smallest absolute Gasteiger partial charge is 0.407 e. The molecule has 1 amide bonds. The van der Waals surface area contributed by atoms with E-state index < -0.39 is 6.09 Å². The number of carbonyl (C=O) groups is 1. The number of hydrogen-bond acceptors (Lipinski definition) is 5. The van der Waals surface area contributed by atoms with Gasteiger partial charge in [-0.1, -0.05) is 0 Å². The summed E-state index contributed by atoms with van der Waals surface area (Å²) in [7, 11) is 0. The summed E-state index contributed by atoms with van der Waals surface area (Å²) in [5.74, 6) is 0.687. The van der Waals surface area contributed by atoms with Crippen LogP contribution in [0.3, 0.4) is 0 Å². The largest absolute Gasteiger partial charge is 0.465 e. The third kappa shape index (κ3) is 2.82. The van der Waals surface area contributed by atoms with E-state index in [0.29, 0.717) is 31.0 Å². The molecule has 4 N–H and O–H groups in total. The molecule has 0 saturated carbocycles. The van der Waals surface area contributed by atoms with Gasteiger partial charge in [-0.2, -0.15) is 0 Å². The van der Waals surface area contributed by atoms with Crippen molar-refractivity contribution in [2.24, 2.45) is 0 Å². The number of H-pyrrole nitrogens is 1. The monoisotopic (exact) mass is 305 g/mol. The van der Waals surface area contributed by atoms with Gasteiger partial charge < -0.3 is 25.4 Å². The number of amides is 1. The van der Waals surface area contributed by atoms with Gasteiger partial charge in [0, 0.05) is 31.9 Å². The van der Waals surface area contributed by atoms with E-state index in [9.17, 15) is 4.79 Å². The van der Waals surface area contributed by atoms with E-state index in [4.69, 9.17) is 10.2 Å². The summed E-state index contributed by atoms with van der Waals surface area (Å²) in [6, 6.07) is 0.0276. The number of piperidine rings is 1. The summed E-state index contributed by atoms with van der Waals surface area (Å²) in [4.78, 5) is 24.1. The molecule has 22 heavy (non-hydrogen) atoms. The SMILES string of the molecule is O=C(O)N1CCC[C@@H](Nc2ncnc3[nH]cc(CCO)c23)C1. The van der Waals surface area contributed by atoms with Crippen molar-refractivity contribution in [1.29, 1.82) is 0 Å². The highest BCUT2D eigenvalue weighted by Gasteiger charge is 2.24. The minimum atomic E-state index is -0.887. The third-order valence-corrected chi connectivity index (χ3v) is 3.97. The maximum Gasteiger partial charge on any atom is 0.407 e. The summed E-state index contributed by atoms with van der Waals surface area (Å²) in [5.41, 5.74) is 1.67. The first-order valence-electron chi connectivity index (χ1n) is 7.35. The fraction of sp³-hybridized carbons (Fsp3) is 0.500. The van der Waals surface area contributed by atoms with Crippen LogP contribution < -0.4 is 5.32 Å². The molecular formula is C14H19N5O3. The second kappa shape index (κ2) is 6.18. The zero-order valence-corrected chi connectivity index (χ0v) is 12.1. The topological polar surface area (TPSA) is 114 Å². The average molecular weight is 305 g/mol. The van der Waals surface area contributed by atoms with Crippen LogP contribution in [0.2, 0.25) is 0 Å². The van der Waals surface area contributed by atoms with Crippen molar-refractivity contribution in [2.45, 2.75) is 25.3 Å². The Kier molecular flexibility index (Phi) is 4.10. The first-order chi connectivity index (χ1) is 10.7. The molecule has 2 aromatic rings. The Morgan fingerprint density at radius 3 is 3.14 bits per heavy atom. The van der Waals surface area contributed by atoms with E-state index in [1.54, 1.807) is 0 Å². The van der Waals surface area contributed by atoms with Crippen molar-refractivity contribution < 1.29 is 15.0 Å². The van der Waals surface area contributed by atoms with Crippen molar-refractivity contribution in [3.05, 3.63) is 18.1 Å². The van der Waals surface area contributed by atoms with Gasteiger partial charge in [0.05, 0.1) is 5.39 Å². The Hall–Kier alpha value is -2.35. The van der Waals surface area contributed by atoms with Crippen molar-refractivity contribution in [3.8, 4) is 0 Å². The summed E-state index contributed by atoms with van der Waals surface area (Å²) >= 11 is 0. The molecule has 0 radical (unpaired) electrons. The summed E-state index contributed by atoms with van der Waals surface area (Å²) < 4.78 is 0. The molecule has 0 aliphatic carbocycles. The van der Waals surface area contributed by atoms with Gasteiger partial charge in [0.15, 0.2) is 0 Å². The molecule has 0 aromatic carbocycles. The van der Waals surface area contributed by atoms with E-state index in [1.165, 1.54) is 11.2 Å². The summed E-state index contributed by atoms with van der Waals surface area (Å²) in [6.07, 6.45) is 4.66. The third-order valence-electron chi connectivity index (χ3n) is 3.97. The lowest BCUT2D eigenvalue weighted by atomic mass is 10.1. The Balaban J connectivity index is 1.84. The number of aromatic amines is 1. The molecule has 1 fully saturated rings. The minimum Gasteiger partial charge on any atom is -0.465 e. The Morgan fingerprint density at radius 1 is 1.50 bits per heavy atom. The molecule has 8 heteroatoms. The van der Waals surface area contributed by atoms with Gasteiger partial charge in [0.2, 0.25) is 0 Å². The highest BCUT2D eigenvalue weighted by Crippen LogP contribution is 2.25. The van der Waals surface area contributed by atoms with Gasteiger partial charge in [-0.05, 0) is 24.8 Å². The molecule has 3 heterocycles. The fourth-order valence-corrected chi connectivity index (χ4v) is 2.92. The Labute approximate surface area is 127 Å². The average Bonchev–Trinajstić information content (AvgIpc) is 2.92. The lowest BCUT2D eigenvalue weighted by Gasteiger charge is -2.31. The number of aliphatic hydroxyl groups excluding tert-OH is 1. The standard InChI is InChI=1S/C14H19N5O3/c20-5-3-9-6-15-12-11(9)13(17-8-16-12)18-10-2-1-4-19(7-10)14(21)22/h6,8,10,20H,1-5,7H2,(H,21,22)(H2,15,16,17,18)/t10-/m1/s1. The van der Waals surface area contributed by atoms with E-state index in [0.717, 1.165) is 23.8 Å². The minimum absolute atomic E-state index is 0.0276. The molecule has 118 valence electrons. The summed E-state index contributed by atoms with van der Waals surface area (Å²) in [6.45, 7) is 1.07. The molecule has 8 nitrogen and oxygen atoms in total. The van der Waals surface area contributed by atoms with E-state index in [1.807, 2.05) is 6.20 Å². The number of anilines is 1. The van der Waals surface area contributed by atoms with Crippen molar-refractivity contribution in [3.63, 3.8) is 0 Å². The van der Waals surface area contributed by atoms with Crippen molar-refractivity contribution in [1.82, 2.24) is 19.9 Å². The maximum atomic E-state index is 11.1. The molecular weight excluding hydrogens is 286 g/mol. The first kappa shape index (κ1) is 14.6. The molecule has 0 spiro atoms. The van der Waals surface area contributed by atoms with Crippen molar-refractivity contribution >= 4 is 22.9 Å². The predicted molar refractivity (Wildman–Crippen MR) is 80.9 cm³/mol. The molecule has 1 aliphatic heterocycles. The number of likely N-dealkylation sites (tertiary alicyclic amines) is 1. The lowest BCUT2D eigenvalue weighted by Crippen LogP contribution is -2.44. The molecule has 2 aromatic heterocycles. The molecule has 0 unspecified atom stereocenters. The Bertz CT molecular complexity index is 672. The van der Waals surface area contributed by atoms with Crippen molar-refractivity contribution in [2.75, 3.05) is 25.0 Å². The van der Waals surface area contributed by atoms with Crippen LogP contribution in [-0.4, -0.2) is 61.9 Å². The van der Waals surface area contributed by atoms with Crippen LogP contribution in [0.25, 0.3) is 11.0 Å². The second-order valence-electron chi connectivity index (χ2n) is 5.45. The number of aromatic nitrogens is 3. The fourth-order valence-electron chi connectivity index (χ4n) is 2.92. The van der Waals surface area contributed by atoms with Gasteiger partial charge in [0.1, 0.15) is 17.8 Å². The van der Waals surface area contributed by atoms with Crippen LogP contribution in [0.5, 0.6) is 0 Å². The van der Waals surface area contributed by atoms with E-state index in [2.05, 4.69) is 20.3 Å². The number of hydrogen-bond donors (Lipinski definition) is 4. The van der Waals surface area contributed by atoms with Crippen LogP contribution in [-0.2, 0) is 6.42 Å². The number of aliphatic hydroxyl groups is 1. The molecule has 3 rings (SSSR count). The highest BCUT2D eigenvalue weighted by molar-refractivity contribution is 5.90. The number of carboxylic acid groups (broad SMARTS) is 1. The predicted octanol–water partition coefficient (Wildman–Crippen LogP) is 1.05. The number of nitrogens with one attached hydrogen (secondary N) is 2. The quantitative estimate of drug-likeness (QED) is 0.671. The van der Waals surface area contributed by atoms with Crippen LogP contribution >= 0.6 is 0 Å². The van der Waals surface area contributed by atoms with E-state index >= 15 is 0 Å². The number of nitrogens with zero attached hydrogens (tertiary/aromatic N) is 3. The molecule has 0 bridgehead atoms. The van der Waals surface area contributed by atoms with Crippen LogP contribution in [0.15, 0.2) is 12.5 Å². The van der Waals surface area contributed by atoms with Gasteiger partial charge >= 0.3 is 6.09 Å².